The molecular formula is C26H34N8O. The number of hydrogen-bond acceptors (Lipinski definition) is 7. The molecule has 184 valence electrons. The Morgan fingerprint density at radius 3 is 2.74 bits per heavy atom. The number of rotatable bonds is 7. The maximum Gasteiger partial charge on any atom is 0.278 e. The summed E-state index contributed by atoms with van der Waals surface area (Å²) in [4.78, 5) is 29.5. The van der Waals surface area contributed by atoms with Gasteiger partial charge in [0.05, 0.1) is 6.54 Å². The third-order valence-corrected chi connectivity index (χ3v) is 6.27. The largest absolute Gasteiger partial charge is 0.367 e. The van der Waals surface area contributed by atoms with Crippen LogP contribution in [0.25, 0.3) is 16.9 Å². The summed E-state index contributed by atoms with van der Waals surface area (Å²) in [6, 6.07) is 14.1. The van der Waals surface area contributed by atoms with Gasteiger partial charge in [0, 0.05) is 20.8 Å². The molecule has 9 nitrogen and oxygen atoms in total. The number of nitrogens with zero attached hydrogens (tertiary/aromatic N) is 6. The Labute approximate surface area is 207 Å². The average molecular weight is 475 g/mol. The molecule has 1 aromatic carbocycles. The van der Waals surface area contributed by atoms with E-state index in [-0.39, 0.29) is 8.41 Å². The Kier molecular flexibility index (Phi) is 6.33. The minimum absolute atomic E-state index is 0. The summed E-state index contributed by atoms with van der Waals surface area (Å²) in [5.41, 5.74) is 2.32. The van der Waals surface area contributed by atoms with Gasteiger partial charge >= 0.3 is 0 Å². The number of benzene rings is 1. The Morgan fingerprint density at radius 1 is 1.17 bits per heavy atom. The number of likely N-dealkylation sites (tertiary alicyclic amines) is 1. The summed E-state index contributed by atoms with van der Waals surface area (Å²) < 4.78 is 3.34. The fourth-order valence-corrected chi connectivity index (χ4v) is 4.44. The molecule has 0 saturated carbocycles. The van der Waals surface area contributed by atoms with E-state index in [4.69, 9.17) is 9.97 Å². The molecule has 0 aliphatic carbocycles. The van der Waals surface area contributed by atoms with Crippen LogP contribution in [0.1, 0.15) is 21.3 Å². The highest BCUT2D eigenvalue weighted by Crippen LogP contribution is 2.21. The summed E-state index contributed by atoms with van der Waals surface area (Å²) in [6.07, 6.45) is 5.39. The molecule has 4 heterocycles. The Hall–Kier alpha value is -3.98. The SMILES string of the molecule is C=CCn1c(=O)c2cnc(Nc3cccc(C)c3)nc2n1-c1cccc(NC2CCN(C)CC2)n1.[HH].[HH]. The van der Waals surface area contributed by atoms with E-state index in [0.29, 0.717) is 35.4 Å². The van der Waals surface area contributed by atoms with Crippen molar-refractivity contribution in [1.29, 1.82) is 0 Å². The zero-order valence-electron chi connectivity index (χ0n) is 20.1. The summed E-state index contributed by atoms with van der Waals surface area (Å²) in [7, 11) is 2.15. The van der Waals surface area contributed by atoms with E-state index in [1.165, 1.54) is 0 Å². The molecule has 0 radical (unpaired) electrons. The summed E-state index contributed by atoms with van der Waals surface area (Å²) in [5, 5.41) is 7.23. The maximum absolute atomic E-state index is 13.2. The van der Waals surface area contributed by atoms with Crippen molar-refractivity contribution in [3.05, 3.63) is 77.2 Å². The highest BCUT2D eigenvalue weighted by atomic mass is 16.1. The standard InChI is InChI=1S/C26H30N8O.2H2/c1-4-13-33-25(35)21-17-27-26(29-20-8-5-7-18(2)16-20)31-24(21)34(33)23-10-6-9-22(30-23)28-19-11-14-32(3)15-12-19;;/h4-10,16-17,19H,1,11-15H2,2-3H3,(H,28,30)(H,27,29,31);2*1H. The van der Waals surface area contributed by atoms with Gasteiger partial charge in [-0.1, -0.05) is 24.3 Å². The molecule has 4 aromatic rings. The first-order chi connectivity index (χ1) is 17.0. The van der Waals surface area contributed by atoms with Crippen LogP contribution in [-0.2, 0) is 6.54 Å². The van der Waals surface area contributed by atoms with Crippen LogP contribution in [0.2, 0.25) is 0 Å². The topological polar surface area (TPSA) is 92.9 Å². The van der Waals surface area contributed by atoms with E-state index in [2.05, 4.69) is 34.1 Å². The molecular weight excluding hydrogens is 440 g/mol. The first kappa shape index (κ1) is 22.8. The van der Waals surface area contributed by atoms with Gasteiger partial charge in [-0.3, -0.25) is 4.79 Å². The Morgan fingerprint density at radius 2 is 1.97 bits per heavy atom. The number of allylic oxidation sites excluding steroid dienone is 1. The molecule has 2 N–H and O–H groups in total. The third-order valence-electron chi connectivity index (χ3n) is 6.27. The number of pyridine rings is 1. The van der Waals surface area contributed by atoms with Crippen molar-refractivity contribution in [3.8, 4) is 5.82 Å². The van der Waals surface area contributed by atoms with E-state index in [1.54, 1.807) is 21.6 Å². The highest BCUT2D eigenvalue weighted by Gasteiger charge is 2.20. The Balaban J connectivity index is 0.00000190. The van der Waals surface area contributed by atoms with Crippen LogP contribution in [0.5, 0.6) is 0 Å². The molecule has 5 rings (SSSR count). The highest BCUT2D eigenvalue weighted by molar-refractivity contribution is 5.77. The van der Waals surface area contributed by atoms with Gasteiger partial charge in [-0.05, 0) is 69.7 Å². The average Bonchev–Trinajstić information content (AvgIpc) is 3.12. The molecule has 1 aliphatic rings. The number of fused-ring (bicyclic) bond motifs is 1. The number of hydrogen-bond donors (Lipinski definition) is 2. The first-order valence-corrected chi connectivity index (χ1v) is 11.9. The normalized spacial score (nSPS) is 14.8. The van der Waals surface area contributed by atoms with Crippen LogP contribution >= 0.6 is 0 Å². The lowest BCUT2D eigenvalue weighted by Gasteiger charge is -2.29. The van der Waals surface area contributed by atoms with Crippen LogP contribution in [0.3, 0.4) is 0 Å². The van der Waals surface area contributed by atoms with Crippen LogP contribution in [-0.4, -0.2) is 55.4 Å². The first-order valence-electron chi connectivity index (χ1n) is 11.9. The molecule has 0 atom stereocenters. The monoisotopic (exact) mass is 474 g/mol. The summed E-state index contributed by atoms with van der Waals surface area (Å²) in [5.74, 6) is 1.80. The smallest absolute Gasteiger partial charge is 0.278 e. The number of aryl methyl sites for hydroxylation is 1. The minimum atomic E-state index is -0.183. The predicted octanol–water partition coefficient (Wildman–Crippen LogP) is 4.21. The minimum Gasteiger partial charge on any atom is -0.367 e. The van der Waals surface area contributed by atoms with E-state index in [0.717, 1.165) is 43.0 Å². The van der Waals surface area contributed by atoms with Crippen molar-refractivity contribution in [3.63, 3.8) is 0 Å². The van der Waals surface area contributed by atoms with Crippen molar-refractivity contribution in [2.45, 2.75) is 32.4 Å². The fourth-order valence-electron chi connectivity index (χ4n) is 4.44. The number of piperidine rings is 1. The molecule has 1 aliphatic heterocycles. The molecule has 35 heavy (non-hydrogen) atoms. The van der Waals surface area contributed by atoms with Gasteiger partial charge in [-0.15, -0.1) is 6.58 Å². The molecule has 0 spiro atoms. The van der Waals surface area contributed by atoms with E-state index in [1.807, 2.05) is 49.4 Å². The second-order valence-electron chi connectivity index (χ2n) is 9.02. The lowest BCUT2D eigenvalue weighted by atomic mass is 10.1. The zero-order chi connectivity index (χ0) is 24.4. The van der Waals surface area contributed by atoms with Crippen LogP contribution in [0.4, 0.5) is 17.5 Å². The predicted molar refractivity (Wildman–Crippen MR) is 144 cm³/mol. The molecule has 0 bridgehead atoms. The van der Waals surface area contributed by atoms with Gasteiger partial charge in [0.1, 0.15) is 11.2 Å². The van der Waals surface area contributed by atoms with E-state index >= 15 is 0 Å². The van der Waals surface area contributed by atoms with Crippen LogP contribution < -0.4 is 16.2 Å². The van der Waals surface area contributed by atoms with Gasteiger partial charge < -0.3 is 15.5 Å². The fraction of sp³-hybridized carbons (Fsp3) is 0.308. The molecule has 1 fully saturated rings. The number of anilines is 3. The van der Waals surface area contributed by atoms with Crippen LogP contribution in [0.15, 0.2) is 66.1 Å². The van der Waals surface area contributed by atoms with Gasteiger partial charge in [-0.2, -0.15) is 4.98 Å². The molecule has 0 unspecified atom stereocenters. The number of aromatic nitrogens is 5. The molecule has 1 saturated heterocycles. The van der Waals surface area contributed by atoms with Crippen molar-refractivity contribution in [1.82, 2.24) is 29.2 Å². The van der Waals surface area contributed by atoms with Crippen molar-refractivity contribution in [2.75, 3.05) is 30.8 Å². The summed E-state index contributed by atoms with van der Waals surface area (Å²) in [6.45, 7) is 8.30. The van der Waals surface area contributed by atoms with E-state index < -0.39 is 0 Å². The Bertz CT molecular complexity index is 1430. The van der Waals surface area contributed by atoms with Gasteiger partial charge in [0.15, 0.2) is 11.5 Å². The number of nitrogens with one attached hydrogen (secondary N) is 2. The quantitative estimate of drug-likeness (QED) is 0.388. The van der Waals surface area contributed by atoms with Crippen molar-refractivity contribution >= 4 is 28.5 Å². The lowest BCUT2D eigenvalue weighted by Crippen LogP contribution is -2.36. The molecule has 9 heteroatoms. The second-order valence-corrected chi connectivity index (χ2v) is 9.02. The van der Waals surface area contributed by atoms with Gasteiger partial charge in [0.25, 0.3) is 5.56 Å². The van der Waals surface area contributed by atoms with Crippen LogP contribution in [0, 0.1) is 6.92 Å². The lowest BCUT2D eigenvalue weighted by molar-refractivity contribution is 0.263. The van der Waals surface area contributed by atoms with Crippen molar-refractivity contribution in [2.24, 2.45) is 0 Å². The van der Waals surface area contributed by atoms with E-state index in [9.17, 15) is 4.79 Å². The van der Waals surface area contributed by atoms with Crippen molar-refractivity contribution < 1.29 is 2.85 Å². The maximum atomic E-state index is 13.2. The third kappa shape index (κ3) is 4.81. The van der Waals surface area contributed by atoms with Gasteiger partial charge in [-0.25, -0.2) is 19.3 Å². The summed E-state index contributed by atoms with van der Waals surface area (Å²) >= 11 is 0. The zero-order valence-corrected chi connectivity index (χ0v) is 20.1. The molecule has 0 amide bonds. The second kappa shape index (κ2) is 9.71. The molecule has 3 aromatic heterocycles. The van der Waals surface area contributed by atoms with Gasteiger partial charge in [0.2, 0.25) is 5.95 Å².